The Balaban J connectivity index is 2.79. The van der Waals surface area contributed by atoms with Crippen molar-refractivity contribution < 1.29 is 4.74 Å². The summed E-state index contributed by atoms with van der Waals surface area (Å²) in [7, 11) is 0. The fourth-order valence-corrected chi connectivity index (χ4v) is 2.62. The van der Waals surface area contributed by atoms with Crippen LogP contribution in [-0.2, 0) is 10.5 Å². The number of hydrogen-bond acceptors (Lipinski definition) is 3. The van der Waals surface area contributed by atoms with E-state index < -0.39 is 5.72 Å². The molecule has 2 rings (SSSR count). The number of hydrogen-bond donors (Lipinski definition) is 0. The predicted octanol–water partition coefficient (Wildman–Crippen LogP) is 3.25. The number of fused-ring (bicyclic) bond motifs is 1. The van der Waals surface area contributed by atoms with Crippen LogP contribution in [0.15, 0.2) is 12.1 Å². The Morgan fingerprint density at radius 1 is 1.37 bits per heavy atom. The van der Waals surface area contributed by atoms with Crippen LogP contribution in [0.2, 0.25) is 0 Å². The number of imidazole rings is 1. The van der Waals surface area contributed by atoms with Gasteiger partial charge in [0.15, 0.2) is 0 Å². The van der Waals surface area contributed by atoms with Crippen molar-refractivity contribution in [3.8, 4) is 6.07 Å². The number of rotatable bonds is 3. The molecule has 4 heteroatoms. The Bertz CT molecular complexity index is 662. The van der Waals surface area contributed by atoms with Crippen LogP contribution < -0.4 is 0 Å². The summed E-state index contributed by atoms with van der Waals surface area (Å²) in [5, 5.41) is 9.24. The molecule has 1 aromatic heterocycles. The molecule has 0 aliphatic carbocycles. The zero-order valence-electron chi connectivity index (χ0n) is 12.1. The van der Waals surface area contributed by atoms with Crippen molar-refractivity contribution in [2.24, 2.45) is 0 Å². The molecule has 19 heavy (non-hydrogen) atoms. The highest BCUT2D eigenvalue weighted by Crippen LogP contribution is 2.28. The van der Waals surface area contributed by atoms with E-state index in [9.17, 15) is 5.26 Å². The molecule has 2 aromatic rings. The number of benzene rings is 1. The fourth-order valence-electron chi connectivity index (χ4n) is 2.62. The first kappa shape index (κ1) is 13.6. The molecule has 0 atom stereocenters. The molecule has 0 unspecified atom stereocenters. The van der Waals surface area contributed by atoms with Crippen LogP contribution in [0.1, 0.15) is 37.7 Å². The second kappa shape index (κ2) is 4.67. The van der Waals surface area contributed by atoms with Crippen molar-refractivity contribution in [3.63, 3.8) is 0 Å². The molecular formula is C15H19N3O. The molecule has 0 saturated heterocycles. The minimum Gasteiger partial charge on any atom is -0.356 e. The molecule has 0 amide bonds. The summed E-state index contributed by atoms with van der Waals surface area (Å²) in [5.41, 5.74) is 2.89. The summed E-state index contributed by atoms with van der Waals surface area (Å²) in [5.74, 6) is 0.857. The maximum Gasteiger partial charge on any atom is 0.140 e. The van der Waals surface area contributed by atoms with Gasteiger partial charge in [-0.15, -0.1) is 0 Å². The summed E-state index contributed by atoms with van der Waals surface area (Å²) < 4.78 is 7.87. The van der Waals surface area contributed by atoms with Gasteiger partial charge in [-0.05, 0) is 52.3 Å². The number of ether oxygens (including phenoxy) is 1. The normalized spacial score (nSPS) is 11.8. The Kier molecular flexibility index (Phi) is 3.34. The van der Waals surface area contributed by atoms with Gasteiger partial charge < -0.3 is 4.74 Å². The largest absolute Gasteiger partial charge is 0.356 e. The van der Waals surface area contributed by atoms with Crippen molar-refractivity contribution in [3.05, 3.63) is 29.1 Å². The molecule has 0 saturated carbocycles. The molecule has 0 fully saturated rings. The number of aryl methyl sites for hydroxylation is 2. The van der Waals surface area contributed by atoms with Gasteiger partial charge in [-0.3, -0.25) is 4.57 Å². The van der Waals surface area contributed by atoms with Crippen LogP contribution in [0.4, 0.5) is 0 Å². The van der Waals surface area contributed by atoms with E-state index >= 15 is 0 Å². The minimum absolute atomic E-state index is 0.478. The molecule has 1 heterocycles. The van der Waals surface area contributed by atoms with E-state index in [1.165, 1.54) is 0 Å². The lowest BCUT2D eigenvalue weighted by molar-refractivity contribution is -0.0704. The second-order valence-corrected chi connectivity index (χ2v) is 5.17. The average molecular weight is 257 g/mol. The Labute approximate surface area is 113 Å². The van der Waals surface area contributed by atoms with E-state index in [0.717, 1.165) is 22.4 Å². The van der Waals surface area contributed by atoms with Gasteiger partial charge in [0.05, 0.1) is 11.1 Å². The van der Waals surface area contributed by atoms with Crippen LogP contribution >= 0.6 is 0 Å². The first-order valence-corrected chi connectivity index (χ1v) is 6.45. The number of nitrogens with zero attached hydrogens (tertiary/aromatic N) is 3. The van der Waals surface area contributed by atoms with E-state index in [4.69, 9.17) is 4.74 Å². The highest BCUT2D eigenvalue weighted by atomic mass is 16.5. The Morgan fingerprint density at radius 3 is 2.63 bits per heavy atom. The van der Waals surface area contributed by atoms with Gasteiger partial charge in [0.25, 0.3) is 0 Å². The van der Waals surface area contributed by atoms with Gasteiger partial charge >= 0.3 is 0 Å². The lowest BCUT2D eigenvalue weighted by Crippen LogP contribution is -2.30. The number of nitriles is 1. The van der Waals surface area contributed by atoms with E-state index in [0.29, 0.717) is 12.2 Å². The third kappa shape index (κ3) is 2.22. The van der Waals surface area contributed by atoms with Crippen molar-refractivity contribution >= 4 is 11.0 Å². The maximum atomic E-state index is 9.24. The van der Waals surface area contributed by atoms with Gasteiger partial charge in [0, 0.05) is 6.61 Å². The first-order chi connectivity index (χ1) is 8.90. The summed E-state index contributed by atoms with van der Waals surface area (Å²) >= 11 is 0. The van der Waals surface area contributed by atoms with Crippen LogP contribution in [0.5, 0.6) is 0 Å². The van der Waals surface area contributed by atoms with Crippen LogP contribution in [0, 0.1) is 25.2 Å². The van der Waals surface area contributed by atoms with Gasteiger partial charge in [-0.2, -0.15) is 5.26 Å². The van der Waals surface area contributed by atoms with E-state index in [2.05, 4.69) is 21.7 Å². The minimum atomic E-state index is -0.478. The zero-order valence-corrected chi connectivity index (χ0v) is 12.1. The smallest absolute Gasteiger partial charge is 0.140 e. The van der Waals surface area contributed by atoms with Crippen molar-refractivity contribution in [2.45, 2.75) is 40.3 Å². The molecule has 0 spiro atoms. The quantitative estimate of drug-likeness (QED) is 0.848. The molecule has 100 valence electrons. The summed E-state index contributed by atoms with van der Waals surface area (Å²) in [4.78, 5) is 4.53. The molecule has 4 nitrogen and oxygen atoms in total. The number of aromatic nitrogens is 2. The highest BCUT2D eigenvalue weighted by molar-refractivity contribution is 5.83. The molecule has 0 bridgehead atoms. The first-order valence-electron chi connectivity index (χ1n) is 6.45. The molecule has 0 radical (unpaired) electrons. The van der Waals surface area contributed by atoms with Crippen LogP contribution in [0.25, 0.3) is 11.0 Å². The monoisotopic (exact) mass is 257 g/mol. The maximum absolute atomic E-state index is 9.24. The molecule has 0 aliphatic heterocycles. The third-order valence-electron chi connectivity index (χ3n) is 3.23. The molecule has 0 N–H and O–H groups in total. The standard InChI is InChI=1S/C15H19N3O/c1-6-19-15(4,5)18-11(3)17-14-12(9-16)7-10(2)8-13(14)18/h7-8H,6H2,1-5H3. The predicted molar refractivity (Wildman–Crippen MR) is 74.9 cm³/mol. The summed E-state index contributed by atoms with van der Waals surface area (Å²) in [6.45, 7) is 10.6. The summed E-state index contributed by atoms with van der Waals surface area (Å²) in [6, 6.07) is 6.14. The molecular weight excluding hydrogens is 238 g/mol. The SMILES string of the molecule is CCOC(C)(C)n1c(C)nc2c(C#N)cc(C)cc21. The van der Waals surface area contributed by atoms with Gasteiger partial charge in [0.2, 0.25) is 0 Å². The zero-order chi connectivity index (χ0) is 14.2. The molecule has 0 aliphatic rings. The van der Waals surface area contributed by atoms with Crippen molar-refractivity contribution in [1.29, 1.82) is 5.26 Å². The van der Waals surface area contributed by atoms with Gasteiger partial charge in [-0.25, -0.2) is 4.98 Å². The van der Waals surface area contributed by atoms with Crippen LogP contribution in [0.3, 0.4) is 0 Å². The lowest BCUT2D eigenvalue weighted by atomic mass is 10.1. The van der Waals surface area contributed by atoms with Crippen molar-refractivity contribution in [1.82, 2.24) is 9.55 Å². The van der Waals surface area contributed by atoms with Gasteiger partial charge in [-0.1, -0.05) is 0 Å². The Morgan fingerprint density at radius 2 is 2.05 bits per heavy atom. The lowest BCUT2D eigenvalue weighted by Gasteiger charge is -2.28. The molecule has 1 aromatic carbocycles. The van der Waals surface area contributed by atoms with Crippen LogP contribution in [-0.4, -0.2) is 16.2 Å². The van der Waals surface area contributed by atoms with E-state index in [-0.39, 0.29) is 0 Å². The Hall–Kier alpha value is -1.86. The van der Waals surface area contributed by atoms with E-state index in [1.54, 1.807) is 0 Å². The third-order valence-corrected chi connectivity index (χ3v) is 3.23. The van der Waals surface area contributed by atoms with Gasteiger partial charge in [0.1, 0.15) is 23.1 Å². The topological polar surface area (TPSA) is 50.8 Å². The second-order valence-electron chi connectivity index (χ2n) is 5.17. The van der Waals surface area contributed by atoms with Crippen molar-refractivity contribution in [2.75, 3.05) is 6.61 Å². The average Bonchev–Trinajstić information content (AvgIpc) is 2.64. The highest BCUT2D eigenvalue weighted by Gasteiger charge is 2.25. The van der Waals surface area contributed by atoms with E-state index in [1.807, 2.05) is 40.7 Å². The fraction of sp³-hybridized carbons (Fsp3) is 0.467. The summed E-state index contributed by atoms with van der Waals surface area (Å²) in [6.07, 6.45) is 0.